The molecule has 0 aliphatic rings. The molecule has 0 spiro atoms. The molecule has 0 saturated heterocycles. The summed E-state index contributed by atoms with van der Waals surface area (Å²) in [6.45, 7) is 1.82. The quantitative estimate of drug-likeness (QED) is 0.533. The fourth-order valence-corrected chi connectivity index (χ4v) is 3.46. The lowest BCUT2D eigenvalue weighted by molar-refractivity contribution is 0.143. The zero-order valence-electron chi connectivity index (χ0n) is 12.5. The van der Waals surface area contributed by atoms with Gasteiger partial charge in [-0.25, -0.2) is 0 Å². The average molecular weight is 338 g/mol. The standard InChI is InChI=1S/C16H19O6P/c1-2-13(10-4-3-5-11(17)8-10)16(19)14-9-12(18)6-7-15(14)23(20,21)22/h3-9,13,16-19H,2H2,1H3,(H2,20,21,22). The van der Waals surface area contributed by atoms with E-state index in [1.807, 2.05) is 6.92 Å². The first kappa shape index (κ1) is 17.5. The van der Waals surface area contributed by atoms with E-state index in [-0.39, 0.29) is 22.4 Å². The molecule has 0 fully saturated rings. The Kier molecular flexibility index (Phi) is 5.12. The van der Waals surface area contributed by atoms with Gasteiger partial charge in [0.05, 0.1) is 11.4 Å². The summed E-state index contributed by atoms with van der Waals surface area (Å²) in [7, 11) is -4.60. The third kappa shape index (κ3) is 3.92. The molecule has 0 aromatic heterocycles. The molecule has 2 rings (SSSR count). The highest BCUT2D eigenvalue weighted by atomic mass is 31.2. The van der Waals surface area contributed by atoms with Crippen LogP contribution in [-0.4, -0.2) is 25.1 Å². The van der Waals surface area contributed by atoms with Gasteiger partial charge in [0, 0.05) is 11.5 Å². The third-order valence-electron chi connectivity index (χ3n) is 3.76. The molecular formula is C16H19O6P. The molecule has 5 N–H and O–H groups in total. The second-order valence-electron chi connectivity index (χ2n) is 5.34. The number of hydrogen-bond acceptors (Lipinski definition) is 4. The summed E-state index contributed by atoms with van der Waals surface area (Å²) in [4.78, 5) is 18.9. The lowest BCUT2D eigenvalue weighted by Crippen LogP contribution is -2.19. The molecule has 23 heavy (non-hydrogen) atoms. The van der Waals surface area contributed by atoms with E-state index in [1.54, 1.807) is 12.1 Å². The Hall–Kier alpha value is -1.85. The van der Waals surface area contributed by atoms with E-state index in [9.17, 15) is 29.7 Å². The topological polar surface area (TPSA) is 118 Å². The second kappa shape index (κ2) is 6.72. The molecule has 2 atom stereocenters. The van der Waals surface area contributed by atoms with Crippen LogP contribution in [0.4, 0.5) is 0 Å². The zero-order valence-corrected chi connectivity index (χ0v) is 13.4. The maximum absolute atomic E-state index is 11.6. The largest absolute Gasteiger partial charge is 0.508 e. The Morgan fingerprint density at radius 3 is 2.26 bits per heavy atom. The Morgan fingerprint density at radius 2 is 1.70 bits per heavy atom. The highest BCUT2D eigenvalue weighted by molar-refractivity contribution is 7.60. The van der Waals surface area contributed by atoms with Crippen LogP contribution in [0, 0.1) is 0 Å². The second-order valence-corrected chi connectivity index (χ2v) is 6.91. The fourth-order valence-electron chi connectivity index (χ4n) is 2.66. The zero-order chi connectivity index (χ0) is 17.2. The minimum Gasteiger partial charge on any atom is -0.508 e. The summed E-state index contributed by atoms with van der Waals surface area (Å²) in [5.74, 6) is -0.643. The predicted molar refractivity (Wildman–Crippen MR) is 85.9 cm³/mol. The lowest BCUT2D eigenvalue weighted by atomic mass is 9.87. The summed E-state index contributed by atoms with van der Waals surface area (Å²) in [5, 5.41) is 29.5. The highest BCUT2D eigenvalue weighted by Gasteiger charge is 2.30. The van der Waals surface area contributed by atoms with Gasteiger partial charge in [-0.1, -0.05) is 19.1 Å². The molecule has 0 saturated carbocycles. The number of phenols is 2. The first-order valence-corrected chi connectivity index (χ1v) is 8.71. The van der Waals surface area contributed by atoms with Gasteiger partial charge >= 0.3 is 7.60 Å². The molecule has 7 heteroatoms. The molecule has 6 nitrogen and oxygen atoms in total. The van der Waals surface area contributed by atoms with Gasteiger partial charge in [-0.2, -0.15) is 0 Å². The highest BCUT2D eigenvalue weighted by Crippen LogP contribution is 2.41. The minimum atomic E-state index is -4.60. The molecule has 0 bridgehead atoms. The van der Waals surface area contributed by atoms with Crippen molar-refractivity contribution in [3.63, 3.8) is 0 Å². The molecule has 124 valence electrons. The van der Waals surface area contributed by atoms with Gasteiger partial charge in [0.2, 0.25) is 0 Å². The van der Waals surface area contributed by atoms with Crippen molar-refractivity contribution in [2.24, 2.45) is 0 Å². The number of aliphatic hydroxyl groups is 1. The normalized spacial score (nSPS) is 14.4. The van der Waals surface area contributed by atoms with E-state index >= 15 is 0 Å². The van der Waals surface area contributed by atoms with Gasteiger partial charge in [-0.05, 0) is 42.3 Å². The van der Waals surface area contributed by atoms with Crippen molar-refractivity contribution in [1.29, 1.82) is 0 Å². The van der Waals surface area contributed by atoms with Crippen LogP contribution in [-0.2, 0) is 4.57 Å². The van der Waals surface area contributed by atoms with Crippen LogP contribution < -0.4 is 5.30 Å². The molecule has 2 aromatic rings. The van der Waals surface area contributed by atoms with Gasteiger partial charge in [0.1, 0.15) is 11.5 Å². The molecule has 0 heterocycles. The van der Waals surface area contributed by atoms with Crippen molar-refractivity contribution in [1.82, 2.24) is 0 Å². The summed E-state index contributed by atoms with van der Waals surface area (Å²) < 4.78 is 11.6. The SMILES string of the molecule is CCC(c1cccc(O)c1)C(O)c1cc(O)ccc1P(=O)(O)O. The van der Waals surface area contributed by atoms with Crippen molar-refractivity contribution in [2.75, 3.05) is 0 Å². The number of aromatic hydroxyl groups is 2. The maximum Gasteiger partial charge on any atom is 0.356 e. The van der Waals surface area contributed by atoms with Crippen molar-refractivity contribution in [3.05, 3.63) is 53.6 Å². The Bertz CT molecular complexity index is 739. The summed E-state index contributed by atoms with van der Waals surface area (Å²) in [6, 6.07) is 9.78. The molecular weight excluding hydrogens is 319 g/mol. The molecule has 2 aromatic carbocycles. The van der Waals surface area contributed by atoms with Crippen LogP contribution in [0.25, 0.3) is 0 Å². The fraction of sp³-hybridized carbons (Fsp3) is 0.250. The van der Waals surface area contributed by atoms with Crippen LogP contribution in [0.15, 0.2) is 42.5 Å². The van der Waals surface area contributed by atoms with Crippen molar-refractivity contribution in [3.8, 4) is 11.5 Å². The van der Waals surface area contributed by atoms with E-state index in [2.05, 4.69) is 0 Å². The number of aliphatic hydroxyl groups excluding tert-OH is 1. The third-order valence-corrected chi connectivity index (χ3v) is 4.80. The van der Waals surface area contributed by atoms with Gasteiger partial charge < -0.3 is 25.1 Å². The van der Waals surface area contributed by atoms with E-state index < -0.39 is 19.6 Å². The number of hydrogen-bond donors (Lipinski definition) is 5. The first-order valence-electron chi connectivity index (χ1n) is 7.10. The predicted octanol–water partition coefficient (Wildman–Crippen LogP) is 2.13. The molecule has 0 amide bonds. The van der Waals surface area contributed by atoms with Gasteiger partial charge in [0.25, 0.3) is 0 Å². The van der Waals surface area contributed by atoms with E-state index in [1.165, 1.54) is 18.2 Å². The molecule has 2 unspecified atom stereocenters. The van der Waals surface area contributed by atoms with Crippen molar-refractivity contribution < 1.29 is 29.7 Å². The van der Waals surface area contributed by atoms with Gasteiger partial charge in [-0.15, -0.1) is 0 Å². The molecule has 0 radical (unpaired) electrons. The monoisotopic (exact) mass is 338 g/mol. The van der Waals surface area contributed by atoms with E-state index in [0.29, 0.717) is 12.0 Å². The first-order chi connectivity index (χ1) is 10.7. The van der Waals surface area contributed by atoms with Gasteiger partial charge in [0.15, 0.2) is 0 Å². The smallest absolute Gasteiger partial charge is 0.356 e. The minimum absolute atomic E-state index is 0.0199. The summed E-state index contributed by atoms with van der Waals surface area (Å²) >= 11 is 0. The van der Waals surface area contributed by atoms with Crippen LogP contribution in [0.3, 0.4) is 0 Å². The summed E-state index contributed by atoms with van der Waals surface area (Å²) in [5.41, 5.74) is 0.619. The Labute approximate surface area is 133 Å². The van der Waals surface area contributed by atoms with Crippen LogP contribution in [0.5, 0.6) is 11.5 Å². The van der Waals surface area contributed by atoms with Crippen LogP contribution in [0.1, 0.15) is 36.5 Å². The lowest BCUT2D eigenvalue weighted by Gasteiger charge is -2.25. The summed E-state index contributed by atoms with van der Waals surface area (Å²) in [6.07, 6.45) is -0.766. The van der Waals surface area contributed by atoms with Crippen LogP contribution >= 0.6 is 7.60 Å². The van der Waals surface area contributed by atoms with E-state index in [0.717, 1.165) is 12.1 Å². The van der Waals surface area contributed by atoms with Gasteiger partial charge in [-0.3, -0.25) is 4.57 Å². The number of benzene rings is 2. The number of rotatable bonds is 5. The molecule has 0 aliphatic carbocycles. The molecule has 0 aliphatic heterocycles. The maximum atomic E-state index is 11.6. The Balaban J connectivity index is 2.52. The average Bonchev–Trinajstić information content (AvgIpc) is 2.46. The van der Waals surface area contributed by atoms with Crippen LogP contribution in [0.2, 0.25) is 0 Å². The van der Waals surface area contributed by atoms with E-state index in [4.69, 9.17) is 0 Å². The van der Waals surface area contributed by atoms with Crippen molar-refractivity contribution in [2.45, 2.75) is 25.4 Å². The Morgan fingerprint density at radius 1 is 1.04 bits per heavy atom. The number of phenolic OH excluding ortho intramolecular Hbond substituents is 2. The van der Waals surface area contributed by atoms with Crippen molar-refractivity contribution >= 4 is 12.9 Å².